The van der Waals surface area contributed by atoms with E-state index in [-0.39, 0.29) is 11.7 Å². The molecule has 0 spiro atoms. The first-order chi connectivity index (χ1) is 11.6. The number of hydrogen-bond acceptors (Lipinski definition) is 3. The fraction of sp³-hybridized carbons (Fsp3) is 0.368. The smallest absolute Gasteiger partial charge is 0.416 e. The van der Waals surface area contributed by atoms with Gasteiger partial charge in [0.1, 0.15) is 12.4 Å². The highest BCUT2D eigenvalue weighted by atomic mass is 19.1. The Bertz CT molecular complexity index is 759. The Morgan fingerprint density at radius 3 is 2.67 bits per heavy atom. The lowest BCUT2D eigenvalue weighted by molar-refractivity contribution is -0.127. The number of benzene rings is 2. The number of halogens is 1. The lowest BCUT2D eigenvalue weighted by Gasteiger charge is -2.10. The molecule has 1 saturated heterocycles. The van der Waals surface area contributed by atoms with E-state index >= 15 is 0 Å². The Morgan fingerprint density at radius 1 is 1.08 bits per heavy atom. The molecule has 0 bridgehead atoms. The van der Waals surface area contributed by atoms with Crippen LogP contribution >= 0.6 is 0 Å². The SMILES string of the molecule is O=C(CCCCCc1ccc2cc(F)ccc2c1)N1CCOC1=O. The fourth-order valence-corrected chi connectivity index (χ4v) is 2.96. The zero-order chi connectivity index (χ0) is 16.9. The van der Waals surface area contributed by atoms with Crippen LogP contribution in [-0.4, -0.2) is 30.1 Å². The molecule has 1 aliphatic rings. The Balaban J connectivity index is 1.42. The van der Waals surface area contributed by atoms with Crippen molar-refractivity contribution < 1.29 is 18.7 Å². The van der Waals surface area contributed by atoms with E-state index in [0.29, 0.717) is 19.6 Å². The third-order valence-electron chi connectivity index (χ3n) is 4.28. The first-order valence-electron chi connectivity index (χ1n) is 8.29. The molecule has 1 heterocycles. The number of carbonyl (C=O) groups excluding carboxylic acids is 2. The average molecular weight is 329 g/mol. The molecule has 1 aliphatic heterocycles. The van der Waals surface area contributed by atoms with Crippen molar-refractivity contribution in [3.63, 3.8) is 0 Å². The molecule has 4 nitrogen and oxygen atoms in total. The van der Waals surface area contributed by atoms with Gasteiger partial charge in [0.05, 0.1) is 6.54 Å². The standard InChI is InChI=1S/C19H20FNO3/c20-17-9-8-15-12-14(6-7-16(15)13-17)4-2-1-3-5-18(22)21-10-11-24-19(21)23/h6-9,12-13H,1-5,10-11H2. The summed E-state index contributed by atoms with van der Waals surface area (Å²) in [5.74, 6) is -0.368. The molecule has 2 aromatic rings. The summed E-state index contributed by atoms with van der Waals surface area (Å²) in [4.78, 5) is 24.3. The number of nitrogens with zero attached hydrogens (tertiary/aromatic N) is 1. The second-order valence-electron chi connectivity index (χ2n) is 6.05. The maximum Gasteiger partial charge on any atom is 0.416 e. The molecular weight excluding hydrogens is 309 g/mol. The summed E-state index contributed by atoms with van der Waals surface area (Å²) in [5.41, 5.74) is 1.21. The quantitative estimate of drug-likeness (QED) is 0.751. The molecule has 0 saturated carbocycles. The van der Waals surface area contributed by atoms with Crippen LogP contribution in [0.1, 0.15) is 31.2 Å². The van der Waals surface area contributed by atoms with Crippen molar-refractivity contribution in [2.24, 2.45) is 0 Å². The molecule has 3 rings (SSSR count). The Morgan fingerprint density at radius 2 is 1.88 bits per heavy atom. The molecule has 126 valence electrons. The Hall–Kier alpha value is -2.43. The molecule has 1 fully saturated rings. The second-order valence-corrected chi connectivity index (χ2v) is 6.05. The minimum Gasteiger partial charge on any atom is -0.447 e. The highest BCUT2D eigenvalue weighted by Crippen LogP contribution is 2.19. The van der Waals surface area contributed by atoms with Crippen molar-refractivity contribution in [1.29, 1.82) is 0 Å². The number of ether oxygens (including phenoxy) is 1. The molecule has 0 aromatic heterocycles. The van der Waals surface area contributed by atoms with Gasteiger partial charge in [-0.2, -0.15) is 0 Å². The lowest BCUT2D eigenvalue weighted by atomic mass is 10.0. The summed E-state index contributed by atoms with van der Waals surface area (Å²) in [5, 5.41) is 1.94. The minimum atomic E-state index is -0.521. The van der Waals surface area contributed by atoms with E-state index < -0.39 is 6.09 Å². The van der Waals surface area contributed by atoms with Crippen molar-refractivity contribution in [3.8, 4) is 0 Å². The number of rotatable bonds is 6. The van der Waals surface area contributed by atoms with Gasteiger partial charge in [0, 0.05) is 6.42 Å². The van der Waals surface area contributed by atoms with Gasteiger partial charge in [0.15, 0.2) is 0 Å². The van der Waals surface area contributed by atoms with Crippen molar-refractivity contribution >= 4 is 22.8 Å². The Labute approximate surface area is 140 Å². The highest BCUT2D eigenvalue weighted by molar-refractivity contribution is 5.92. The number of fused-ring (bicyclic) bond motifs is 1. The van der Waals surface area contributed by atoms with Crippen LogP contribution in [-0.2, 0) is 16.0 Å². The number of carbonyl (C=O) groups is 2. The van der Waals surface area contributed by atoms with E-state index in [2.05, 4.69) is 6.07 Å². The first kappa shape index (κ1) is 16.4. The zero-order valence-corrected chi connectivity index (χ0v) is 13.5. The van der Waals surface area contributed by atoms with Crippen LogP contribution in [0.2, 0.25) is 0 Å². The summed E-state index contributed by atoms with van der Waals surface area (Å²) < 4.78 is 17.9. The van der Waals surface area contributed by atoms with Crippen LogP contribution in [0, 0.1) is 5.82 Å². The molecule has 0 radical (unpaired) electrons. The summed E-state index contributed by atoms with van der Waals surface area (Å²) in [6, 6.07) is 10.8. The third kappa shape index (κ3) is 3.91. The summed E-state index contributed by atoms with van der Waals surface area (Å²) in [6.07, 6.45) is 3.45. The van der Waals surface area contributed by atoms with Gasteiger partial charge in [-0.3, -0.25) is 4.79 Å². The van der Waals surface area contributed by atoms with Gasteiger partial charge in [-0.25, -0.2) is 14.1 Å². The normalized spacial score (nSPS) is 14.2. The number of amides is 2. The summed E-state index contributed by atoms with van der Waals surface area (Å²) in [7, 11) is 0. The van der Waals surface area contributed by atoms with Gasteiger partial charge in [0.25, 0.3) is 0 Å². The second kappa shape index (κ2) is 7.43. The van der Waals surface area contributed by atoms with Crippen molar-refractivity contribution in [1.82, 2.24) is 4.90 Å². The molecular formula is C19H20FNO3. The molecule has 24 heavy (non-hydrogen) atoms. The number of imide groups is 1. The van der Waals surface area contributed by atoms with Crippen molar-refractivity contribution in [2.75, 3.05) is 13.2 Å². The predicted octanol–water partition coefficient (Wildman–Crippen LogP) is 4.06. The molecule has 0 unspecified atom stereocenters. The van der Waals surface area contributed by atoms with E-state index in [1.165, 1.54) is 22.6 Å². The molecule has 2 amide bonds. The van der Waals surface area contributed by atoms with Crippen LogP contribution in [0.25, 0.3) is 10.8 Å². The zero-order valence-electron chi connectivity index (χ0n) is 13.5. The van der Waals surface area contributed by atoms with E-state index in [4.69, 9.17) is 4.74 Å². The molecule has 2 aromatic carbocycles. The number of hydrogen-bond donors (Lipinski definition) is 0. The summed E-state index contributed by atoms with van der Waals surface area (Å²) >= 11 is 0. The van der Waals surface area contributed by atoms with Gasteiger partial charge in [0.2, 0.25) is 5.91 Å². The highest BCUT2D eigenvalue weighted by Gasteiger charge is 2.27. The minimum absolute atomic E-state index is 0.148. The average Bonchev–Trinajstić information content (AvgIpc) is 3.00. The molecule has 0 atom stereocenters. The molecule has 0 aliphatic carbocycles. The monoisotopic (exact) mass is 329 g/mol. The molecule has 5 heteroatoms. The molecule has 0 N–H and O–H groups in total. The van der Waals surface area contributed by atoms with Crippen molar-refractivity contribution in [3.05, 3.63) is 47.8 Å². The topological polar surface area (TPSA) is 46.6 Å². The van der Waals surface area contributed by atoms with Crippen molar-refractivity contribution in [2.45, 2.75) is 32.1 Å². The van der Waals surface area contributed by atoms with E-state index in [0.717, 1.165) is 36.5 Å². The van der Waals surface area contributed by atoms with Crippen LogP contribution in [0.4, 0.5) is 9.18 Å². The fourth-order valence-electron chi connectivity index (χ4n) is 2.96. The number of unbranched alkanes of at least 4 members (excludes halogenated alkanes) is 2. The summed E-state index contributed by atoms with van der Waals surface area (Å²) in [6.45, 7) is 0.672. The van der Waals surface area contributed by atoms with Gasteiger partial charge in [-0.15, -0.1) is 0 Å². The largest absolute Gasteiger partial charge is 0.447 e. The van der Waals surface area contributed by atoms with Gasteiger partial charge < -0.3 is 4.74 Å². The van der Waals surface area contributed by atoms with E-state index in [1.807, 2.05) is 12.1 Å². The third-order valence-corrected chi connectivity index (χ3v) is 4.28. The maximum absolute atomic E-state index is 13.2. The van der Waals surface area contributed by atoms with Crippen LogP contribution < -0.4 is 0 Å². The maximum atomic E-state index is 13.2. The number of aryl methyl sites for hydroxylation is 1. The van der Waals surface area contributed by atoms with Crippen LogP contribution in [0.15, 0.2) is 36.4 Å². The van der Waals surface area contributed by atoms with E-state index in [9.17, 15) is 14.0 Å². The van der Waals surface area contributed by atoms with Crippen LogP contribution in [0.3, 0.4) is 0 Å². The number of cyclic esters (lactones) is 1. The van der Waals surface area contributed by atoms with E-state index in [1.54, 1.807) is 6.07 Å². The predicted molar refractivity (Wildman–Crippen MR) is 89.1 cm³/mol. The van der Waals surface area contributed by atoms with Gasteiger partial charge >= 0.3 is 6.09 Å². The first-order valence-corrected chi connectivity index (χ1v) is 8.29. The van der Waals surface area contributed by atoms with Crippen LogP contribution in [0.5, 0.6) is 0 Å². The van der Waals surface area contributed by atoms with Gasteiger partial charge in [-0.05, 0) is 47.7 Å². The van der Waals surface area contributed by atoms with Gasteiger partial charge in [-0.1, -0.05) is 30.7 Å². The Kier molecular flexibility index (Phi) is 5.08. The lowest BCUT2D eigenvalue weighted by Crippen LogP contribution is -2.31.